The lowest BCUT2D eigenvalue weighted by Gasteiger charge is -2.28. The Balaban J connectivity index is 0.00000312. The largest absolute Gasteiger partial charge is 0.496 e. The van der Waals surface area contributed by atoms with E-state index in [2.05, 4.69) is 29.5 Å². The number of aliphatic imine (C=N–C) groups is 1. The highest BCUT2D eigenvalue weighted by atomic mass is 127. The lowest BCUT2D eigenvalue weighted by Crippen LogP contribution is -2.44. The zero-order valence-electron chi connectivity index (χ0n) is 16.2. The Morgan fingerprint density at radius 3 is 2.56 bits per heavy atom. The molecule has 1 heterocycles. The molecule has 0 radical (unpaired) electrons. The van der Waals surface area contributed by atoms with Crippen LogP contribution in [0, 0.1) is 19.8 Å². The van der Waals surface area contributed by atoms with Crippen LogP contribution < -0.4 is 15.4 Å². The van der Waals surface area contributed by atoms with E-state index in [1.165, 1.54) is 25.7 Å². The summed E-state index contributed by atoms with van der Waals surface area (Å²) in [5.74, 6) is 2.65. The predicted octanol–water partition coefficient (Wildman–Crippen LogP) is 3.96. The van der Waals surface area contributed by atoms with Gasteiger partial charge in [0.1, 0.15) is 5.75 Å². The van der Waals surface area contributed by atoms with Gasteiger partial charge < -0.3 is 15.4 Å². The maximum Gasteiger partial charge on any atom is 0.191 e. The van der Waals surface area contributed by atoms with E-state index in [1.807, 2.05) is 20.0 Å². The van der Waals surface area contributed by atoms with Crippen LogP contribution in [0.5, 0.6) is 5.75 Å². The van der Waals surface area contributed by atoms with Crippen molar-refractivity contribution in [2.24, 2.45) is 10.9 Å². The van der Waals surface area contributed by atoms with Gasteiger partial charge in [-0.2, -0.15) is 0 Å². The Morgan fingerprint density at radius 2 is 1.96 bits per heavy atom. The summed E-state index contributed by atoms with van der Waals surface area (Å²) in [7, 11) is 1.71. The van der Waals surface area contributed by atoms with Crippen LogP contribution >= 0.6 is 24.0 Å². The third-order valence-electron chi connectivity index (χ3n) is 4.84. The zero-order valence-corrected chi connectivity index (χ0v) is 18.5. The van der Waals surface area contributed by atoms with Crippen molar-refractivity contribution in [2.45, 2.75) is 66.0 Å². The minimum Gasteiger partial charge on any atom is -0.496 e. The van der Waals surface area contributed by atoms with Gasteiger partial charge in [-0.05, 0) is 52.4 Å². The van der Waals surface area contributed by atoms with E-state index in [-0.39, 0.29) is 24.0 Å². The highest BCUT2D eigenvalue weighted by Gasteiger charge is 2.19. The first-order valence-electron chi connectivity index (χ1n) is 9.09. The molecule has 2 N–H and O–H groups in total. The van der Waals surface area contributed by atoms with Crippen LogP contribution in [0.4, 0.5) is 0 Å². The summed E-state index contributed by atoms with van der Waals surface area (Å²) in [6, 6.07) is 0.528. The molecule has 0 spiro atoms. The van der Waals surface area contributed by atoms with Gasteiger partial charge in [-0.3, -0.25) is 4.98 Å². The van der Waals surface area contributed by atoms with E-state index in [0.717, 1.165) is 41.0 Å². The average molecular weight is 460 g/mol. The fraction of sp³-hybridized carbons (Fsp3) is 0.684. The fourth-order valence-corrected chi connectivity index (χ4v) is 3.30. The molecule has 1 aliphatic rings. The van der Waals surface area contributed by atoms with Crippen molar-refractivity contribution in [3.8, 4) is 5.75 Å². The van der Waals surface area contributed by atoms with Gasteiger partial charge in [0, 0.05) is 29.9 Å². The van der Waals surface area contributed by atoms with Crippen molar-refractivity contribution in [3.05, 3.63) is 23.0 Å². The van der Waals surface area contributed by atoms with Gasteiger partial charge in [0.05, 0.1) is 19.3 Å². The van der Waals surface area contributed by atoms with Gasteiger partial charge in [-0.15, -0.1) is 24.0 Å². The minimum absolute atomic E-state index is 0. The molecule has 0 aromatic carbocycles. The number of halogens is 1. The third kappa shape index (κ3) is 6.31. The molecule has 0 unspecified atom stereocenters. The molecule has 1 aliphatic carbocycles. The molecule has 1 fully saturated rings. The number of hydrogen-bond donors (Lipinski definition) is 2. The Kier molecular flexibility index (Phi) is 9.53. The molecule has 0 saturated heterocycles. The second-order valence-corrected chi connectivity index (χ2v) is 6.84. The summed E-state index contributed by atoms with van der Waals surface area (Å²) >= 11 is 0. The number of rotatable bonds is 5. The Morgan fingerprint density at radius 1 is 1.28 bits per heavy atom. The van der Waals surface area contributed by atoms with Crippen LogP contribution in [-0.2, 0) is 6.54 Å². The van der Waals surface area contributed by atoms with Gasteiger partial charge in [-0.1, -0.05) is 6.92 Å². The predicted molar refractivity (Wildman–Crippen MR) is 115 cm³/mol. The van der Waals surface area contributed by atoms with Crippen molar-refractivity contribution in [1.82, 2.24) is 15.6 Å². The normalized spacial score (nSPS) is 20.6. The van der Waals surface area contributed by atoms with Gasteiger partial charge in [0.2, 0.25) is 0 Å². The molecule has 0 atom stereocenters. The van der Waals surface area contributed by atoms with E-state index in [9.17, 15) is 0 Å². The highest BCUT2D eigenvalue weighted by molar-refractivity contribution is 14.0. The van der Waals surface area contributed by atoms with Gasteiger partial charge in [-0.25, -0.2) is 4.99 Å². The number of methoxy groups -OCH3 is 1. The number of aryl methyl sites for hydroxylation is 1. The summed E-state index contributed by atoms with van der Waals surface area (Å²) < 4.78 is 5.48. The minimum atomic E-state index is 0. The monoisotopic (exact) mass is 460 g/mol. The van der Waals surface area contributed by atoms with Gasteiger partial charge in [0.15, 0.2) is 5.96 Å². The highest BCUT2D eigenvalue weighted by Crippen LogP contribution is 2.25. The number of guanidine groups is 1. The zero-order chi connectivity index (χ0) is 17.5. The quantitative estimate of drug-likeness (QED) is 0.397. The number of pyridine rings is 1. The van der Waals surface area contributed by atoms with E-state index < -0.39 is 0 Å². The van der Waals surface area contributed by atoms with Crippen molar-refractivity contribution < 1.29 is 4.74 Å². The fourth-order valence-electron chi connectivity index (χ4n) is 3.30. The van der Waals surface area contributed by atoms with Crippen LogP contribution in [-0.4, -0.2) is 30.6 Å². The molecule has 1 saturated carbocycles. The topological polar surface area (TPSA) is 58.5 Å². The molecule has 1 aromatic rings. The van der Waals surface area contributed by atoms with E-state index in [0.29, 0.717) is 12.6 Å². The molecule has 0 bridgehead atoms. The molecule has 0 aliphatic heterocycles. The first kappa shape index (κ1) is 22.0. The molecular formula is C19H33IN4O. The Bertz CT molecular complexity index is 569. The van der Waals surface area contributed by atoms with Crippen molar-refractivity contribution in [2.75, 3.05) is 13.7 Å². The van der Waals surface area contributed by atoms with E-state index >= 15 is 0 Å². The molecule has 6 heteroatoms. The summed E-state index contributed by atoms with van der Waals surface area (Å²) in [6.07, 6.45) is 6.90. The molecule has 0 amide bonds. The van der Waals surface area contributed by atoms with Crippen molar-refractivity contribution >= 4 is 29.9 Å². The number of ether oxygens (including phenoxy) is 1. The lowest BCUT2D eigenvalue weighted by molar-refractivity contribution is 0.329. The van der Waals surface area contributed by atoms with Crippen LogP contribution in [0.25, 0.3) is 0 Å². The van der Waals surface area contributed by atoms with Crippen molar-refractivity contribution in [3.63, 3.8) is 0 Å². The van der Waals surface area contributed by atoms with Crippen LogP contribution in [0.1, 0.15) is 56.4 Å². The first-order valence-corrected chi connectivity index (χ1v) is 9.09. The summed E-state index contributed by atoms with van der Waals surface area (Å²) in [6.45, 7) is 9.92. The molecule has 25 heavy (non-hydrogen) atoms. The number of aromatic nitrogens is 1. The van der Waals surface area contributed by atoms with Crippen LogP contribution in [0.2, 0.25) is 0 Å². The second-order valence-electron chi connectivity index (χ2n) is 6.84. The Hall–Kier alpha value is -1.05. The average Bonchev–Trinajstić information content (AvgIpc) is 2.56. The summed E-state index contributed by atoms with van der Waals surface area (Å²) in [5, 5.41) is 6.94. The van der Waals surface area contributed by atoms with Gasteiger partial charge in [0.25, 0.3) is 0 Å². The number of nitrogens with one attached hydrogen (secondary N) is 2. The smallest absolute Gasteiger partial charge is 0.191 e. The SMILES string of the molecule is CCNC(=NCc1ncc(C)c(OC)c1C)NC1CCC(C)CC1.I. The summed E-state index contributed by atoms with van der Waals surface area (Å²) in [4.78, 5) is 9.27. The maximum absolute atomic E-state index is 5.48. The molecule has 2 rings (SSSR count). The molecular weight excluding hydrogens is 427 g/mol. The second kappa shape index (κ2) is 10.8. The maximum atomic E-state index is 5.48. The molecule has 5 nitrogen and oxygen atoms in total. The molecule has 1 aromatic heterocycles. The van der Waals surface area contributed by atoms with E-state index in [4.69, 9.17) is 9.73 Å². The van der Waals surface area contributed by atoms with Gasteiger partial charge >= 0.3 is 0 Å². The first-order chi connectivity index (χ1) is 11.5. The Labute approximate surface area is 169 Å². The van der Waals surface area contributed by atoms with Crippen molar-refractivity contribution in [1.29, 1.82) is 0 Å². The molecule has 142 valence electrons. The summed E-state index contributed by atoms with van der Waals surface area (Å²) in [5.41, 5.74) is 3.10. The van der Waals surface area contributed by atoms with E-state index in [1.54, 1.807) is 7.11 Å². The lowest BCUT2D eigenvalue weighted by atomic mass is 9.87. The number of nitrogens with zero attached hydrogens (tertiary/aromatic N) is 2. The van der Waals surface area contributed by atoms with Crippen LogP contribution in [0.15, 0.2) is 11.2 Å². The number of hydrogen-bond acceptors (Lipinski definition) is 3. The van der Waals surface area contributed by atoms with Crippen LogP contribution in [0.3, 0.4) is 0 Å². The standard InChI is InChI=1S/C19H32N4O.HI/c1-6-20-19(23-16-9-7-13(2)8-10-16)22-12-17-15(4)18(24-5)14(3)11-21-17;/h11,13,16H,6-10,12H2,1-5H3,(H2,20,22,23);1H. The third-order valence-corrected chi connectivity index (χ3v) is 4.84.